The van der Waals surface area contributed by atoms with Gasteiger partial charge in [-0.3, -0.25) is 9.59 Å². The number of carboxylic acid groups (broad SMARTS) is 1. The molecule has 1 aromatic carbocycles. The number of aliphatic carboxylic acids is 1. The van der Waals surface area contributed by atoms with E-state index in [2.05, 4.69) is 5.32 Å². The van der Waals surface area contributed by atoms with Crippen LogP contribution < -0.4 is 5.32 Å². The molecule has 0 aliphatic heterocycles. The van der Waals surface area contributed by atoms with Crippen molar-refractivity contribution in [1.82, 2.24) is 5.32 Å². The van der Waals surface area contributed by atoms with E-state index in [1.165, 1.54) is 0 Å². The molecule has 1 rings (SSSR count). The molecule has 0 aromatic heterocycles. The monoisotopic (exact) mass is 331 g/mol. The molecule has 0 bridgehead atoms. The van der Waals surface area contributed by atoms with Crippen LogP contribution in [0.3, 0.4) is 0 Å². The molecule has 0 saturated carbocycles. The molecule has 0 spiro atoms. The third-order valence-electron chi connectivity index (χ3n) is 3.65. The van der Waals surface area contributed by atoms with Crippen LogP contribution in [0.25, 0.3) is 0 Å². The van der Waals surface area contributed by atoms with Crippen molar-refractivity contribution in [2.24, 2.45) is 0 Å². The molecule has 0 unspecified atom stereocenters. The van der Waals surface area contributed by atoms with E-state index in [1.54, 1.807) is 18.2 Å². The minimum atomic E-state index is -0.935. The van der Waals surface area contributed by atoms with Crippen LogP contribution in [0.4, 0.5) is 0 Å². The van der Waals surface area contributed by atoms with E-state index in [0.717, 1.165) is 0 Å². The zero-order valence-electron chi connectivity index (χ0n) is 12.1. The Labute approximate surface area is 134 Å². The van der Waals surface area contributed by atoms with E-state index in [0.29, 0.717) is 28.5 Å². The van der Waals surface area contributed by atoms with Crippen molar-refractivity contribution >= 4 is 35.1 Å². The number of benzene rings is 1. The van der Waals surface area contributed by atoms with Crippen molar-refractivity contribution < 1.29 is 14.7 Å². The SMILES string of the molecule is CCC(CC)(CC(=O)O)NC(=O)Cc1c(Cl)cccc1Cl. The maximum absolute atomic E-state index is 12.2. The molecule has 0 saturated heterocycles. The summed E-state index contributed by atoms with van der Waals surface area (Å²) in [5.41, 5.74) is -0.189. The third kappa shape index (κ3) is 4.90. The highest BCUT2D eigenvalue weighted by atomic mass is 35.5. The Balaban J connectivity index is 2.86. The number of carbonyl (C=O) groups is 2. The fraction of sp³-hybridized carbons (Fsp3) is 0.467. The first-order valence-corrected chi connectivity index (χ1v) is 7.55. The average molecular weight is 332 g/mol. The lowest BCUT2D eigenvalue weighted by Gasteiger charge is -2.31. The molecule has 0 heterocycles. The fourth-order valence-electron chi connectivity index (χ4n) is 2.21. The molecular formula is C15H19Cl2NO3. The van der Waals surface area contributed by atoms with Gasteiger partial charge >= 0.3 is 5.97 Å². The van der Waals surface area contributed by atoms with Crippen molar-refractivity contribution in [3.8, 4) is 0 Å². The molecule has 1 amide bonds. The highest BCUT2D eigenvalue weighted by molar-refractivity contribution is 6.36. The summed E-state index contributed by atoms with van der Waals surface area (Å²) in [6, 6.07) is 5.04. The minimum Gasteiger partial charge on any atom is -0.481 e. The van der Waals surface area contributed by atoms with E-state index < -0.39 is 11.5 Å². The Morgan fingerprint density at radius 2 is 1.71 bits per heavy atom. The first-order chi connectivity index (χ1) is 9.83. The van der Waals surface area contributed by atoms with Gasteiger partial charge in [0.1, 0.15) is 0 Å². The topological polar surface area (TPSA) is 66.4 Å². The smallest absolute Gasteiger partial charge is 0.305 e. The van der Waals surface area contributed by atoms with Crippen LogP contribution in [0.1, 0.15) is 38.7 Å². The minimum absolute atomic E-state index is 0.0277. The number of nitrogens with one attached hydrogen (secondary N) is 1. The summed E-state index contributed by atoms with van der Waals surface area (Å²) in [6.07, 6.45) is 0.997. The summed E-state index contributed by atoms with van der Waals surface area (Å²) < 4.78 is 0. The molecule has 6 heteroatoms. The van der Waals surface area contributed by atoms with Crippen molar-refractivity contribution in [2.45, 2.75) is 45.1 Å². The van der Waals surface area contributed by atoms with E-state index in [9.17, 15) is 9.59 Å². The van der Waals surface area contributed by atoms with Gasteiger partial charge in [-0.05, 0) is 30.5 Å². The van der Waals surface area contributed by atoms with Crippen molar-refractivity contribution in [3.05, 3.63) is 33.8 Å². The van der Waals surface area contributed by atoms with Gasteiger partial charge in [-0.2, -0.15) is 0 Å². The van der Waals surface area contributed by atoms with Crippen molar-refractivity contribution in [3.63, 3.8) is 0 Å². The number of amides is 1. The van der Waals surface area contributed by atoms with E-state index in [1.807, 2.05) is 13.8 Å². The van der Waals surface area contributed by atoms with Gasteiger partial charge in [0.05, 0.1) is 12.8 Å². The number of carboxylic acids is 1. The lowest BCUT2D eigenvalue weighted by Crippen LogP contribution is -2.49. The Bertz CT molecular complexity index is 507. The van der Waals surface area contributed by atoms with Crippen LogP contribution >= 0.6 is 23.2 Å². The van der Waals surface area contributed by atoms with Crippen LogP contribution in [0.5, 0.6) is 0 Å². The lowest BCUT2D eigenvalue weighted by atomic mass is 9.88. The van der Waals surface area contributed by atoms with E-state index >= 15 is 0 Å². The van der Waals surface area contributed by atoms with Crippen molar-refractivity contribution in [2.75, 3.05) is 0 Å². The number of halogens is 2. The summed E-state index contributed by atoms with van der Waals surface area (Å²) in [5.74, 6) is -1.22. The second-order valence-corrected chi connectivity index (χ2v) is 5.80. The van der Waals surface area contributed by atoms with Crippen LogP contribution in [0.2, 0.25) is 10.0 Å². The lowest BCUT2D eigenvalue weighted by molar-refractivity contribution is -0.139. The van der Waals surface area contributed by atoms with Gasteiger partial charge in [0.15, 0.2) is 0 Å². The number of rotatable bonds is 7. The summed E-state index contributed by atoms with van der Waals surface area (Å²) in [5, 5.41) is 12.7. The van der Waals surface area contributed by atoms with Gasteiger partial charge in [0.25, 0.3) is 0 Å². The van der Waals surface area contributed by atoms with Gasteiger partial charge in [-0.1, -0.05) is 43.1 Å². The molecule has 0 aliphatic carbocycles. The largest absolute Gasteiger partial charge is 0.481 e. The standard InChI is InChI=1S/C15H19Cl2NO3/c1-3-15(4-2,9-14(20)21)18-13(19)8-10-11(16)6-5-7-12(10)17/h5-7H,3-4,8-9H2,1-2H3,(H,18,19)(H,20,21). The highest BCUT2D eigenvalue weighted by Crippen LogP contribution is 2.26. The maximum atomic E-state index is 12.2. The zero-order valence-corrected chi connectivity index (χ0v) is 13.6. The fourth-order valence-corrected chi connectivity index (χ4v) is 2.74. The molecular weight excluding hydrogens is 313 g/mol. The van der Waals surface area contributed by atoms with Crippen LogP contribution in [-0.2, 0) is 16.0 Å². The summed E-state index contributed by atoms with van der Waals surface area (Å²) in [6.45, 7) is 3.71. The summed E-state index contributed by atoms with van der Waals surface area (Å²) >= 11 is 12.1. The quantitative estimate of drug-likeness (QED) is 0.800. The Morgan fingerprint density at radius 3 is 2.14 bits per heavy atom. The second kappa shape index (κ2) is 7.66. The molecule has 2 N–H and O–H groups in total. The number of carbonyl (C=O) groups excluding carboxylic acids is 1. The number of hydrogen-bond acceptors (Lipinski definition) is 2. The molecule has 0 aliphatic rings. The number of hydrogen-bond donors (Lipinski definition) is 2. The van der Waals surface area contributed by atoms with Gasteiger partial charge in [-0.15, -0.1) is 0 Å². The molecule has 21 heavy (non-hydrogen) atoms. The molecule has 0 atom stereocenters. The van der Waals surface area contributed by atoms with Gasteiger partial charge in [-0.25, -0.2) is 0 Å². The molecule has 4 nitrogen and oxygen atoms in total. The first kappa shape index (κ1) is 17.8. The van der Waals surface area contributed by atoms with Crippen LogP contribution in [-0.4, -0.2) is 22.5 Å². The van der Waals surface area contributed by atoms with Gasteiger partial charge in [0.2, 0.25) is 5.91 Å². The molecule has 0 fully saturated rings. The Morgan fingerprint density at radius 1 is 1.19 bits per heavy atom. The molecule has 1 aromatic rings. The average Bonchev–Trinajstić information content (AvgIpc) is 2.41. The van der Waals surface area contributed by atoms with Crippen molar-refractivity contribution in [1.29, 1.82) is 0 Å². The zero-order chi connectivity index (χ0) is 16.0. The van der Waals surface area contributed by atoms with Crippen LogP contribution in [0, 0.1) is 0 Å². The van der Waals surface area contributed by atoms with Gasteiger partial charge < -0.3 is 10.4 Å². The molecule has 0 radical (unpaired) electrons. The Kier molecular flexibility index (Phi) is 6.49. The van der Waals surface area contributed by atoms with E-state index in [-0.39, 0.29) is 18.7 Å². The normalized spacial score (nSPS) is 11.2. The van der Waals surface area contributed by atoms with E-state index in [4.69, 9.17) is 28.3 Å². The van der Waals surface area contributed by atoms with Gasteiger partial charge in [0, 0.05) is 15.6 Å². The molecule has 116 valence electrons. The second-order valence-electron chi connectivity index (χ2n) is 4.98. The summed E-state index contributed by atoms with van der Waals surface area (Å²) in [4.78, 5) is 23.2. The predicted molar refractivity (Wildman–Crippen MR) is 83.9 cm³/mol. The Hall–Kier alpha value is -1.26. The summed E-state index contributed by atoms with van der Waals surface area (Å²) in [7, 11) is 0. The highest BCUT2D eigenvalue weighted by Gasteiger charge is 2.31. The first-order valence-electron chi connectivity index (χ1n) is 6.79. The van der Waals surface area contributed by atoms with Crippen LogP contribution in [0.15, 0.2) is 18.2 Å². The third-order valence-corrected chi connectivity index (χ3v) is 4.35. The maximum Gasteiger partial charge on any atom is 0.305 e. The predicted octanol–water partition coefficient (Wildman–Crippen LogP) is 3.69.